The van der Waals surface area contributed by atoms with E-state index in [0.717, 1.165) is 13.0 Å². The van der Waals surface area contributed by atoms with E-state index < -0.39 is 23.2 Å². The maximum Gasteiger partial charge on any atom is 0.395 e. The van der Waals surface area contributed by atoms with Crippen LogP contribution in [0.2, 0.25) is 0 Å². The average molecular weight is 237 g/mol. The van der Waals surface area contributed by atoms with Gasteiger partial charge in [-0.15, -0.1) is 0 Å². The molecule has 0 spiro atoms. The molecule has 0 radical (unpaired) electrons. The van der Waals surface area contributed by atoms with Crippen LogP contribution in [-0.2, 0) is 11.1 Å². The van der Waals surface area contributed by atoms with Crippen LogP contribution in [0, 0.1) is 0 Å². The van der Waals surface area contributed by atoms with E-state index in [0.29, 0.717) is 0 Å². The molecule has 0 aliphatic rings. The van der Waals surface area contributed by atoms with Crippen molar-refractivity contribution in [2.24, 2.45) is 0 Å². The SMILES string of the molecule is CC(c1ccccc1S(=O)[O-])C(F)(F)F. The van der Waals surface area contributed by atoms with E-state index in [-0.39, 0.29) is 10.5 Å². The van der Waals surface area contributed by atoms with E-state index in [1.807, 2.05) is 0 Å². The summed E-state index contributed by atoms with van der Waals surface area (Å²) < 4.78 is 58.5. The molecule has 1 rings (SSSR count). The zero-order valence-electron chi connectivity index (χ0n) is 7.75. The Morgan fingerprint density at radius 2 is 1.87 bits per heavy atom. The van der Waals surface area contributed by atoms with Gasteiger partial charge >= 0.3 is 6.18 Å². The number of hydrogen-bond donors (Lipinski definition) is 0. The Hall–Kier alpha value is -0.880. The lowest BCUT2D eigenvalue weighted by atomic mass is 10.0. The fourth-order valence-corrected chi connectivity index (χ4v) is 1.79. The quantitative estimate of drug-likeness (QED) is 0.742. The van der Waals surface area contributed by atoms with Gasteiger partial charge in [-0.1, -0.05) is 18.2 Å². The zero-order valence-corrected chi connectivity index (χ0v) is 8.56. The van der Waals surface area contributed by atoms with Crippen LogP contribution in [0.15, 0.2) is 29.2 Å². The fourth-order valence-electron chi connectivity index (χ4n) is 1.17. The van der Waals surface area contributed by atoms with Crippen molar-refractivity contribution in [1.82, 2.24) is 0 Å². The summed E-state index contributed by atoms with van der Waals surface area (Å²) in [5.74, 6) is -1.79. The summed E-state index contributed by atoms with van der Waals surface area (Å²) in [6.07, 6.45) is -4.44. The third-order valence-corrected chi connectivity index (χ3v) is 2.79. The van der Waals surface area contributed by atoms with Crippen LogP contribution in [-0.4, -0.2) is 14.9 Å². The van der Waals surface area contributed by atoms with Crippen molar-refractivity contribution in [1.29, 1.82) is 0 Å². The summed E-state index contributed by atoms with van der Waals surface area (Å²) in [5, 5.41) is 0. The van der Waals surface area contributed by atoms with Crippen LogP contribution < -0.4 is 0 Å². The fraction of sp³-hybridized carbons (Fsp3) is 0.333. The Bertz CT molecular complexity index is 376. The second-order valence-electron chi connectivity index (χ2n) is 3.04. The first-order valence-corrected chi connectivity index (χ1v) is 5.16. The molecule has 6 heteroatoms. The van der Waals surface area contributed by atoms with Gasteiger partial charge in [-0.3, -0.25) is 4.21 Å². The Labute approximate surface area is 87.4 Å². The van der Waals surface area contributed by atoms with Gasteiger partial charge in [0.1, 0.15) is 0 Å². The van der Waals surface area contributed by atoms with Gasteiger partial charge in [-0.2, -0.15) is 13.2 Å². The summed E-state index contributed by atoms with van der Waals surface area (Å²) in [5.41, 5.74) is -0.224. The molecule has 1 aromatic carbocycles. The van der Waals surface area contributed by atoms with Crippen molar-refractivity contribution >= 4 is 11.1 Å². The summed E-state index contributed by atoms with van der Waals surface area (Å²) >= 11 is -2.65. The van der Waals surface area contributed by atoms with Crippen molar-refractivity contribution in [3.8, 4) is 0 Å². The number of alkyl halides is 3. The first-order chi connectivity index (χ1) is 6.84. The smallest absolute Gasteiger partial charge is 0.395 e. The molecule has 0 aromatic heterocycles. The van der Waals surface area contributed by atoms with Gasteiger partial charge in [-0.05, 0) is 29.6 Å². The largest absolute Gasteiger partial charge is 0.768 e. The molecule has 0 bridgehead atoms. The monoisotopic (exact) mass is 237 g/mol. The molecule has 0 saturated carbocycles. The predicted molar refractivity (Wildman–Crippen MR) is 48.1 cm³/mol. The zero-order chi connectivity index (χ0) is 11.6. The molecular weight excluding hydrogens is 229 g/mol. The van der Waals surface area contributed by atoms with E-state index in [1.54, 1.807) is 0 Å². The molecule has 0 aliphatic carbocycles. The summed E-state index contributed by atoms with van der Waals surface area (Å²) in [6, 6.07) is 5.09. The standard InChI is InChI=1S/C9H9F3O2S/c1-6(9(10,11)12)7-4-2-3-5-8(7)15(13)14/h2-6H,1H3,(H,13,14)/p-1. The van der Waals surface area contributed by atoms with Gasteiger partial charge in [-0.25, -0.2) is 0 Å². The van der Waals surface area contributed by atoms with Crippen LogP contribution in [0.5, 0.6) is 0 Å². The van der Waals surface area contributed by atoms with Crippen molar-refractivity contribution in [3.63, 3.8) is 0 Å². The Morgan fingerprint density at radius 1 is 1.33 bits per heavy atom. The topological polar surface area (TPSA) is 40.1 Å². The Balaban J connectivity index is 3.19. The van der Waals surface area contributed by atoms with Gasteiger partial charge in [0.15, 0.2) is 0 Å². The maximum absolute atomic E-state index is 12.4. The highest BCUT2D eigenvalue weighted by Gasteiger charge is 2.38. The van der Waals surface area contributed by atoms with E-state index >= 15 is 0 Å². The normalized spacial score (nSPS) is 16.1. The first kappa shape index (κ1) is 12.2. The maximum atomic E-state index is 12.4. The highest BCUT2D eigenvalue weighted by Crippen LogP contribution is 2.36. The molecule has 2 atom stereocenters. The first-order valence-electron chi connectivity index (χ1n) is 4.09. The second-order valence-corrected chi connectivity index (χ2v) is 3.95. The third-order valence-electron chi connectivity index (χ3n) is 2.06. The summed E-state index contributed by atoms with van der Waals surface area (Å²) in [6.45, 7) is 0.936. The van der Waals surface area contributed by atoms with Gasteiger partial charge in [0.2, 0.25) is 0 Å². The number of hydrogen-bond acceptors (Lipinski definition) is 2. The lowest BCUT2D eigenvalue weighted by Crippen LogP contribution is -2.19. The van der Waals surface area contributed by atoms with Crippen molar-refractivity contribution in [2.75, 3.05) is 0 Å². The molecule has 0 N–H and O–H groups in total. The molecular formula is C9H8F3O2S-. The van der Waals surface area contributed by atoms with Gasteiger partial charge in [0, 0.05) is 4.90 Å². The average Bonchev–Trinajstić information content (AvgIpc) is 2.15. The van der Waals surface area contributed by atoms with Gasteiger partial charge in [0.05, 0.1) is 5.92 Å². The van der Waals surface area contributed by atoms with Crippen molar-refractivity contribution in [2.45, 2.75) is 23.9 Å². The number of rotatable bonds is 2. The number of benzene rings is 1. The molecule has 2 nitrogen and oxygen atoms in total. The van der Waals surface area contributed by atoms with Crippen LogP contribution in [0.25, 0.3) is 0 Å². The second kappa shape index (κ2) is 4.32. The van der Waals surface area contributed by atoms with Crippen LogP contribution in [0.4, 0.5) is 13.2 Å². The van der Waals surface area contributed by atoms with E-state index in [9.17, 15) is 21.9 Å². The minimum Gasteiger partial charge on any atom is -0.768 e. The Morgan fingerprint density at radius 3 is 2.33 bits per heavy atom. The Kier molecular flexibility index (Phi) is 3.51. The molecule has 15 heavy (non-hydrogen) atoms. The summed E-state index contributed by atoms with van der Waals surface area (Å²) in [7, 11) is 0. The lowest BCUT2D eigenvalue weighted by molar-refractivity contribution is -0.146. The summed E-state index contributed by atoms with van der Waals surface area (Å²) in [4.78, 5) is -0.303. The predicted octanol–water partition coefficient (Wildman–Crippen LogP) is 2.59. The van der Waals surface area contributed by atoms with Crippen LogP contribution in [0.1, 0.15) is 18.4 Å². The molecule has 84 valence electrons. The highest BCUT2D eigenvalue weighted by atomic mass is 32.2. The molecule has 0 fully saturated rings. The van der Waals surface area contributed by atoms with Crippen LogP contribution in [0.3, 0.4) is 0 Å². The third kappa shape index (κ3) is 2.79. The molecule has 2 unspecified atom stereocenters. The van der Waals surface area contributed by atoms with Crippen molar-refractivity contribution < 1.29 is 21.9 Å². The van der Waals surface area contributed by atoms with Gasteiger partial charge in [0.25, 0.3) is 0 Å². The van der Waals surface area contributed by atoms with E-state index in [2.05, 4.69) is 0 Å². The van der Waals surface area contributed by atoms with Crippen LogP contribution >= 0.6 is 0 Å². The van der Waals surface area contributed by atoms with E-state index in [4.69, 9.17) is 0 Å². The van der Waals surface area contributed by atoms with E-state index in [1.165, 1.54) is 18.2 Å². The van der Waals surface area contributed by atoms with Crippen molar-refractivity contribution in [3.05, 3.63) is 29.8 Å². The molecule has 0 aliphatic heterocycles. The van der Waals surface area contributed by atoms with Gasteiger partial charge < -0.3 is 4.55 Å². The lowest BCUT2D eigenvalue weighted by Gasteiger charge is -2.20. The molecule has 0 amide bonds. The minimum atomic E-state index is -4.44. The minimum absolute atomic E-state index is 0.224. The number of halogens is 3. The molecule has 0 heterocycles. The molecule has 1 aromatic rings. The molecule has 0 saturated heterocycles. The highest BCUT2D eigenvalue weighted by molar-refractivity contribution is 7.79.